The molecule has 9 heteroatoms. The van der Waals surface area contributed by atoms with Crippen LogP contribution in [0.15, 0.2) is 22.2 Å². The molecule has 1 N–H and O–H groups in total. The van der Waals surface area contributed by atoms with Gasteiger partial charge in [0, 0.05) is 25.2 Å². The first kappa shape index (κ1) is 16.5. The van der Waals surface area contributed by atoms with Crippen molar-refractivity contribution in [1.29, 1.82) is 0 Å². The van der Waals surface area contributed by atoms with Gasteiger partial charge < -0.3 is 19.4 Å². The van der Waals surface area contributed by atoms with Crippen molar-refractivity contribution < 1.29 is 19.1 Å². The van der Waals surface area contributed by atoms with E-state index in [1.54, 1.807) is 9.47 Å². The number of aromatic nitrogens is 2. The molecule has 0 spiro atoms. The third kappa shape index (κ3) is 2.69. The fourth-order valence-electron chi connectivity index (χ4n) is 3.27. The zero-order chi connectivity index (χ0) is 18.4. The first-order valence-corrected chi connectivity index (χ1v) is 8.32. The lowest BCUT2D eigenvalue weighted by Gasteiger charge is -2.18. The number of pyridine rings is 2. The number of rotatable bonds is 4. The average Bonchev–Trinajstić information content (AvgIpc) is 3.34. The Hall–Kier alpha value is -2.97. The molecule has 4 rings (SSSR count). The van der Waals surface area contributed by atoms with Gasteiger partial charge in [0.25, 0.3) is 0 Å². The predicted molar refractivity (Wildman–Crippen MR) is 92.5 cm³/mol. The summed E-state index contributed by atoms with van der Waals surface area (Å²) in [5.74, 6) is -1.84. The molecular formula is C17H17FN4O4. The fourth-order valence-corrected chi connectivity index (χ4v) is 3.27. The summed E-state index contributed by atoms with van der Waals surface area (Å²) in [6.07, 6.45) is 3.71. The van der Waals surface area contributed by atoms with E-state index in [0.29, 0.717) is 25.2 Å². The summed E-state index contributed by atoms with van der Waals surface area (Å²) >= 11 is 0. The van der Waals surface area contributed by atoms with Crippen LogP contribution in [0.25, 0.3) is 11.0 Å². The molecule has 1 saturated heterocycles. The summed E-state index contributed by atoms with van der Waals surface area (Å²) in [7, 11) is 1.46. The number of carbonyl (C=O) groups is 1. The number of nitrogens with zero attached hydrogens (tertiary/aromatic N) is 4. The van der Waals surface area contributed by atoms with Gasteiger partial charge in [0.15, 0.2) is 11.6 Å². The molecule has 2 aromatic heterocycles. The second-order valence-electron chi connectivity index (χ2n) is 6.49. The van der Waals surface area contributed by atoms with Gasteiger partial charge in [0.1, 0.15) is 18.3 Å². The number of oxime groups is 1. The molecule has 2 aliphatic rings. The minimum absolute atomic E-state index is 0.0111. The highest BCUT2D eigenvalue weighted by molar-refractivity contribution is 5.93. The van der Waals surface area contributed by atoms with Crippen LogP contribution in [0.4, 0.5) is 10.2 Å². The van der Waals surface area contributed by atoms with E-state index >= 15 is 0 Å². The molecule has 0 radical (unpaired) electrons. The molecule has 8 nitrogen and oxygen atoms in total. The van der Waals surface area contributed by atoms with Crippen LogP contribution in [0.3, 0.4) is 0 Å². The zero-order valence-electron chi connectivity index (χ0n) is 14.1. The lowest BCUT2D eigenvalue weighted by Crippen LogP contribution is -2.24. The first-order valence-electron chi connectivity index (χ1n) is 8.32. The van der Waals surface area contributed by atoms with Crippen molar-refractivity contribution in [2.45, 2.75) is 25.3 Å². The van der Waals surface area contributed by atoms with E-state index in [9.17, 15) is 19.1 Å². The van der Waals surface area contributed by atoms with Gasteiger partial charge in [0.2, 0.25) is 5.43 Å². The maximum absolute atomic E-state index is 14.7. The second-order valence-corrected chi connectivity index (χ2v) is 6.49. The average molecular weight is 360 g/mol. The maximum atomic E-state index is 14.7. The van der Waals surface area contributed by atoms with Crippen molar-refractivity contribution in [3.63, 3.8) is 0 Å². The Morgan fingerprint density at radius 2 is 2.23 bits per heavy atom. The topological polar surface area (TPSA) is 97.0 Å². The Balaban J connectivity index is 1.88. The smallest absolute Gasteiger partial charge is 0.341 e. The van der Waals surface area contributed by atoms with Gasteiger partial charge in [0.05, 0.1) is 17.6 Å². The molecule has 3 heterocycles. The Morgan fingerprint density at radius 3 is 2.88 bits per heavy atom. The standard InChI is InChI=1S/C17H17FN4O4/c1-26-20-9-4-5-21(7-9)16-13(18)6-11-14(23)12(17(24)25)8-22(10-2-3-10)15(11)19-16/h6,8,10H,2-5,7H2,1H3,(H,24,25)/b20-9-. The van der Waals surface area contributed by atoms with E-state index in [4.69, 9.17) is 4.84 Å². The number of carboxylic acid groups (broad SMARTS) is 1. The lowest BCUT2D eigenvalue weighted by molar-refractivity contribution is 0.0695. The minimum atomic E-state index is -1.32. The molecule has 1 saturated carbocycles. The van der Waals surface area contributed by atoms with Gasteiger partial charge in [-0.25, -0.2) is 14.2 Å². The number of hydrogen-bond acceptors (Lipinski definition) is 6. The van der Waals surface area contributed by atoms with Crippen molar-refractivity contribution in [2.75, 3.05) is 25.1 Å². The van der Waals surface area contributed by atoms with Crippen LogP contribution < -0.4 is 10.3 Å². The van der Waals surface area contributed by atoms with Crippen LogP contribution in [0.5, 0.6) is 0 Å². The molecule has 2 fully saturated rings. The van der Waals surface area contributed by atoms with E-state index in [2.05, 4.69) is 10.1 Å². The Labute approximate surface area is 147 Å². The fraction of sp³-hybridized carbons (Fsp3) is 0.412. The Kier molecular flexibility index (Phi) is 3.86. The third-order valence-electron chi connectivity index (χ3n) is 4.67. The molecule has 0 unspecified atom stereocenters. The predicted octanol–water partition coefficient (Wildman–Crippen LogP) is 1.78. The van der Waals surface area contributed by atoms with Crippen LogP contribution >= 0.6 is 0 Å². The largest absolute Gasteiger partial charge is 0.477 e. The summed E-state index contributed by atoms with van der Waals surface area (Å²) in [6, 6.07) is 1.18. The van der Waals surface area contributed by atoms with Crippen LogP contribution in [-0.2, 0) is 4.84 Å². The van der Waals surface area contributed by atoms with Gasteiger partial charge in [-0.3, -0.25) is 4.79 Å². The normalized spacial score (nSPS) is 18.7. The van der Waals surface area contributed by atoms with Crippen molar-refractivity contribution in [3.05, 3.63) is 33.9 Å². The summed E-state index contributed by atoms with van der Waals surface area (Å²) in [5.41, 5.74) is 0.0186. The molecule has 0 aromatic carbocycles. The Morgan fingerprint density at radius 1 is 1.46 bits per heavy atom. The molecule has 1 aliphatic carbocycles. The van der Waals surface area contributed by atoms with Gasteiger partial charge in [-0.15, -0.1) is 0 Å². The van der Waals surface area contributed by atoms with E-state index in [1.807, 2.05) is 0 Å². The second kappa shape index (κ2) is 6.08. The van der Waals surface area contributed by atoms with Gasteiger partial charge >= 0.3 is 5.97 Å². The number of anilines is 1. The highest BCUT2D eigenvalue weighted by atomic mass is 19.1. The van der Waals surface area contributed by atoms with Gasteiger partial charge in [-0.2, -0.15) is 0 Å². The van der Waals surface area contributed by atoms with E-state index in [0.717, 1.165) is 24.6 Å². The molecule has 1 aliphatic heterocycles. The van der Waals surface area contributed by atoms with Gasteiger partial charge in [-0.1, -0.05) is 5.16 Å². The minimum Gasteiger partial charge on any atom is -0.477 e. The monoisotopic (exact) mass is 360 g/mol. The van der Waals surface area contributed by atoms with Crippen molar-refractivity contribution in [2.24, 2.45) is 5.16 Å². The van der Waals surface area contributed by atoms with Crippen molar-refractivity contribution in [3.8, 4) is 0 Å². The number of carboxylic acids is 1. The number of halogens is 1. The molecule has 26 heavy (non-hydrogen) atoms. The molecule has 0 atom stereocenters. The van der Waals surface area contributed by atoms with Crippen LogP contribution in [-0.4, -0.2) is 46.5 Å². The first-order chi connectivity index (χ1) is 12.5. The number of hydrogen-bond donors (Lipinski definition) is 1. The third-order valence-corrected chi connectivity index (χ3v) is 4.67. The Bertz CT molecular complexity index is 996. The molecular weight excluding hydrogens is 343 g/mol. The van der Waals surface area contributed by atoms with Crippen molar-refractivity contribution >= 4 is 28.5 Å². The summed E-state index contributed by atoms with van der Waals surface area (Å²) in [5, 5.41) is 13.2. The lowest BCUT2D eigenvalue weighted by atomic mass is 10.2. The van der Waals surface area contributed by atoms with E-state index in [-0.39, 0.29) is 22.8 Å². The van der Waals surface area contributed by atoms with Crippen LogP contribution in [0.2, 0.25) is 0 Å². The zero-order valence-corrected chi connectivity index (χ0v) is 14.1. The van der Waals surface area contributed by atoms with Crippen LogP contribution in [0.1, 0.15) is 35.7 Å². The van der Waals surface area contributed by atoms with E-state index in [1.165, 1.54) is 13.3 Å². The highest BCUT2D eigenvalue weighted by Crippen LogP contribution is 2.37. The quantitative estimate of drug-likeness (QED) is 0.835. The van der Waals surface area contributed by atoms with Crippen molar-refractivity contribution in [1.82, 2.24) is 9.55 Å². The van der Waals surface area contributed by atoms with Gasteiger partial charge in [-0.05, 0) is 18.9 Å². The summed E-state index contributed by atoms with van der Waals surface area (Å²) in [6.45, 7) is 0.933. The van der Waals surface area contributed by atoms with Crippen LogP contribution in [0, 0.1) is 5.82 Å². The van der Waals surface area contributed by atoms with E-state index < -0.39 is 17.2 Å². The maximum Gasteiger partial charge on any atom is 0.341 e. The molecule has 136 valence electrons. The SMILES string of the molecule is CO/N=C1/CCN(c2nc3c(cc2F)c(=O)c(C(=O)O)cn3C2CC2)C1. The number of fused-ring (bicyclic) bond motifs is 1. The number of aromatic carboxylic acids is 1. The molecule has 0 bridgehead atoms. The summed E-state index contributed by atoms with van der Waals surface area (Å²) < 4.78 is 16.4. The molecule has 2 aromatic rings. The summed E-state index contributed by atoms with van der Waals surface area (Å²) in [4.78, 5) is 34.7. The highest BCUT2D eigenvalue weighted by Gasteiger charge is 2.29. The molecule has 0 amide bonds.